The summed E-state index contributed by atoms with van der Waals surface area (Å²) in [6.07, 6.45) is 1.66. The lowest BCUT2D eigenvalue weighted by Gasteiger charge is -2.51. The van der Waals surface area contributed by atoms with Crippen molar-refractivity contribution < 1.29 is 4.74 Å². The van der Waals surface area contributed by atoms with E-state index >= 15 is 0 Å². The van der Waals surface area contributed by atoms with Crippen molar-refractivity contribution in [2.75, 3.05) is 31.3 Å². The van der Waals surface area contributed by atoms with E-state index in [9.17, 15) is 4.79 Å². The summed E-state index contributed by atoms with van der Waals surface area (Å²) < 4.78 is 5.68. The minimum atomic E-state index is -0.762. The first-order valence-corrected chi connectivity index (χ1v) is 11.2. The number of aromatic amines is 1. The molecule has 0 aliphatic carbocycles. The number of nitrogens with one attached hydrogen (secondary N) is 1. The number of hydrogen-bond acceptors (Lipinski definition) is 5. The Morgan fingerprint density at radius 2 is 1.24 bits per heavy atom. The van der Waals surface area contributed by atoms with Gasteiger partial charge in [-0.25, -0.2) is 9.80 Å². The molecule has 4 aromatic rings. The van der Waals surface area contributed by atoms with Crippen LogP contribution in [0.15, 0.2) is 108 Å². The molecule has 0 amide bonds. The molecule has 6 heteroatoms. The molecule has 33 heavy (non-hydrogen) atoms. The van der Waals surface area contributed by atoms with Gasteiger partial charge in [-0.2, -0.15) is 4.98 Å². The summed E-state index contributed by atoms with van der Waals surface area (Å²) in [4.78, 5) is 19.5. The number of nitrogens with zero attached hydrogens (tertiary/aromatic N) is 3. The molecule has 3 aromatic carbocycles. The van der Waals surface area contributed by atoms with Crippen molar-refractivity contribution in [3.05, 3.63) is 130 Å². The van der Waals surface area contributed by atoms with Gasteiger partial charge in [0, 0.05) is 19.3 Å². The van der Waals surface area contributed by atoms with Crippen LogP contribution in [0.3, 0.4) is 0 Å². The van der Waals surface area contributed by atoms with Gasteiger partial charge in [0.05, 0.1) is 13.2 Å². The molecule has 2 heterocycles. The van der Waals surface area contributed by atoms with Crippen molar-refractivity contribution in [2.24, 2.45) is 0 Å². The van der Waals surface area contributed by atoms with Gasteiger partial charge in [-0.3, -0.25) is 5.01 Å². The SMILES string of the molecule is O=c1nc(N(N2CCOCC2)C(c2ccccc2)(c2ccccc2)c2ccccc2)cc[nH]1. The number of morpholine rings is 1. The van der Waals surface area contributed by atoms with Crippen molar-refractivity contribution in [3.8, 4) is 0 Å². The third kappa shape index (κ3) is 3.95. The maximum atomic E-state index is 12.4. The first-order valence-electron chi connectivity index (χ1n) is 11.2. The summed E-state index contributed by atoms with van der Waals surface area (Å²) in [5, 5.41) is 4.43. The zero-order valence-electron chi connectivity index (χ0n) is 18.3. The number of hydrazine groups is 1. The summed E-state index contributed by atoms with van der Waals surface area (Å²) in [5.41, 5.74) is 2.10. The fourth-order valence-corrected chi connectivity index (χ4v) is 4.67. The van der Waals surface area contributed by atoms with E-state index in [0.29, 0.717) is 32.1 Å². The van der Waals surface area contributed by atoms with Crippen molar-refractivity contribution in [1.82, 2.24) is 15.0 Å². The van der Waals surface area contributed by atoms with Gasteiger partial charge in [0.1, 0.15) is 5.54 Å². The molecular formula is C27H26N4O2. The van der Waals surface area contributed by atoms with E-state index in [-0.39, 0.29) is 5.69 Å². The molecule has 0 saturated carbocycles. The molecule has 1 aromatic heterocycles. The molecule has 0 atom stereocenters. The number of aromatic nitrogens is 2. The van der Waals surface area contributed by atoms with Gasteiger partial charge >= 0.3 is 5.69 Å². The number of anilines is 1. The molecule has 0 radical (unpaired) electrons. The number of benzene rings is 3. The van der Waals surface area contributed by atoms with E-state index in [2.05, 4.69) is 92.8 Å². The molecule has 166 valence electrons. The van der Waals surface area contributed by atoms with Gasteiger partial charge in [-0.1, -0.05) is 91.0 Å². The van der Waals surface area contributed by atoms with Crippen molar-refractivity contribution in [3.63, 3.8) is 0 Å². The monoisotopic (exact) mass is 438 g/mol. The van der Waals surface area contributed by atoms with Crippen LogP contribution in [-0.4, -0.2) is 41.3 Å². The number of rotatable bonds is 6. The van der Waals surface area contributed by atoms with E-state index in [1.165, 1.54) is 0 Å². The zero-order valence-corrected chi connectivity index (χ0v) is 18.3. The van der Waals surface area contributed by atoms with Gasteiger partial charge in [0.25, 0.3) is 0 Å². The fourth-order valence-electron chi connectivity index (χ4n) is 4.67. The van der Waals surface area contributed by atoms with Crippen molar-refractivity contribution >= 4 is 5.82 Å². The van der Waals surface area contributed by atoms with Gasteiger partial charge < -0.3 is 9.72 Å². The predicted octanol–water partition coefficient (Wildman–Crippen LogP) is 3.82. The van der Waals surface area contributed by atoms with Crippen LogP contribution in [0.1, 0.15) is 16.7 Å². The highest BCUT2D eigenvalue weighted by atomic mass is 16.5. The second-order valence-electron chi connectivity index (χ2n) is 7.94. The topological polar surface area (TPSA) is 61.5 Å². The molecule has 0 bridgehead atoms. The highest BCUT2D eigenvalue weighted by molar-refractivity contribution is 5.59. The maximum Gasteiger partial charge on any atom is 0.346 e. The lowest BCUT2D eigenvalue weighted by Crippen LogP contribution is -2.60. The number of ether oxygens (including phenoxy) is 1. The molecule has 5 rings (SSSR count). The van der Waals surface area contributed by atoms with Gasteiger partial charge in [-0.15, -0.1) is 0 Å². The lowest BCUT2D eigenvalue weighted by atomic mass is 9.76. The van der Waals surface area contributed by atoms with Crippen LogP contribution in [0, 0.1) is 0 Å². The Hall–Kier alpha value is -3.74. The van der Waals surface area contributed by atoms with Crippen LogP contribution < -0.4 is 10.7 Å². The molecule has 0 spiro atoms. The Morgan fingerprint density at radius 3 is 1.70 bits per heavy atom. The van der Waals surface area contributed by atoms with Crippen LogP contribution in [0.4, 0.5) is 5.82 Å². The van der Waals surface area contributed by atoms with Crippen LogP contribution in [-0.2, 0) is 10.3 Å². The third-order valence-corrected chi connectivity index (χ3v) is 6.04. The lowest BCUT2D eigenvalue weighted by molar-refractivity contribution is 0.0223. The molecular weight excluding hydrogens is 412 g/mol. The Bertz CT molecular complexity index is 1130. The van der Waals surface area contributed by atoms with Crippen molar-refractivity contribution in [1.29, 1.82) is 0 Å². The molecule has 1 aliphatic rings. The quantitative estimate of drug-likeness (QED) is 0.464. The minimum absolute atomic E-state index is 0.381. The van der Waals surface area contributed by atoms with Gasteiger partial charge in [0.15, 0.2) is 5.82 Å². The highest BCUT2D eigenvalue weighted by Crippen LogP contribution is 2.45. The molecule has 1 aliphatic heterocycles. The van der Waals surface area contributed by atoms with Gasteiger partial charge in [0.2, 0.25) is 0 Å². The summed E-state index contributed by atoms with van der Waals surface area (Å²) in [7, 11) is 0. The van der Waals surface area contributed by atoms with E-state index < -0.39 is 5.54 Å². The van der Waals surface area contributed by atoms with E-state index in [1.54, 1.807) is 6.20 Å². The average Bonchev–Trinajstić information content (AvgIpc) is 2.89. The smallest absolute Gasteiger partial charge is 0.346 e. The summed E-state index contributed by atoms with van der Waals surface area (Å²) in [6.45, 7) is 2.58. The number of hydrogen-bond donors (Lipinski definition) is 1. The Labute approximate surface area is 193 Å². The minimum Gasteiger partial charge on any atom is -0.379 e. The second-order valence-corrected chi connectivity index (χ2v) is 7.94. The molecule has 1 N–H and O–H groups in total. The highest BCUT2D eigenvalue weighted by Gasteiger charge is 2.46. The van der Waals surface area contributed by atoms with Gasteiger partial charge in [-0.05, 0) is 22.8 Å². The summed E-state index contributed by atoms with van der Waals surface area (Å²) in [5.74, 6) is 0.581. The van der Waals surface area contributed by atoms with E-state index in [4.69, 9.17) is 4.74 Å². The van der Waals surface area contributed by atoms with Crippen LogP contribution in [0.2, 0.25) is 0 Å². The molecule has 0 unspecified atom stereocenters. The Kier molecular flexibility index (Phi) is 6.02. The second kappa shape index (κ2) is 9.40. The predicted molar refractivity (Wildman–Crippen MR) is 129 cm³/mol. The molecule has 6 nitrogen and oxygen atoms in total. The van der Waals surface area contributed by atoms with Crippen LogP contribution in [0.5, 0.6) is 0 Å². The Balaban J connectivity index is 1.89. The zero-order chi connectivity index (χ0) is 22.5. The number of H-pyrrole nitrogens is 1. The molecule has 1 saturated heterocycles. The first-order chi connectivity index (χ1) is 16.3. The normalized spacial score (nSPS) is 14.7. The first kappa shape index (κ1) is 21.1. The standard InChI is InChI=1S/C27H26N4O2/c32-26-28-17-16-25(29-26)31(30-18-20-33-21-19-30)27(22-10-4-1-5-11-22,23-12-6-2-7-13-23)24-14-8-3-9-15-24/h1-17H,18-21H2,(H,28,29,32). The van der Waals surface area contributed by atoms with E-state index in [1.807, 2.05) is 24.3 Å². The summed E-state index contributed by atoms with van der Waals surface area (Å²) in [6, 6.07) is 33.1. The molecule has 1 fully saturated rings. The maximum absolute atomic E-state index is 12.4. The summed E-state index contributed by atoms with van der Waals surface area (Å²) >= 11 is 0. The van der Waals surface area contributed by atoms with Crippen molar-refractivity contribution in [2.45, 2.75) is 5.54 Å². The largest absolute Gasteiger partial charge is 0.379 e. The van der Waals surface area contributed by atoms with Crippen LogP contribution in [0.25, 0.3) is 0 Å². The fraction of sp³-hybridized carbons (Fsp3) is 0.185. The third-order valence-electron chi connectivity index (χ3n) is 6.04. The van der Waals surface area contributed by atoms with Crippen LogP contribution >= 0.6 is 0 Å². The Morgan fingerprint density at radius 1 is 0.758 bits per heavy atom. The average molecular weight is 439 g/mol. The van der Waals surface area contributed by atoms with E-state index in [0.717, 1.165) is 16.7 Å².